The monoisotopic (exact) mass is 440 g/mol. The lowest BCUT2D eigenvalue weighted by Gasteiger charge is -2.12. The number of ether oxygens (including phenoxy) is 1. The van der Waals surface area contributed by atoms with Crippen LogP contribution in [0.1, 0.15) is 27.8 Å². The highest BCUT2D eigenvalue weighted by molar-refractivity contribution is 7.12. The largest absolute Gasteiger partial charge is 0.425 e. The van der Waals surface area contributed by atoms with Crippen molar-refractivity contribution >= 4 is 17.3 Å². The molecule has 1 aromatic carbocycles. The molecule has 2 atom stereocenters. The van der Waals surface area contributed by atoms with Crippen LogP contribution in [0, 0.1) is 5.82 Å². The summed E-state index contributed by atoms with van der Waals surface area (Å²) in [5.41, 5.74) is 0.231. The number of hydrogen-bond acceptors (Lipinski definition) is 6. The zero-order valence-electron chi connectivity index (χ0n) is 15.4. The molecular formula is C19H16F4N4O2S. The normalized spacial score (nSPS) is 19.2. The molecule has 0 radical (unpaired) electrons. The van der Waals surface area contributed by atoms with Crippen LogP contribution in [0.15, 0.2) is 47.5 Å². The third-order valence-corrected chi connectivity index (χ3v) is 5.72. The number of thiophene rings is 1. The van der Waals surface area contributed by atoms with Gasteiger partial charge in [0.1, 0.15) is 17.0 Å². The molecule has 0 aliphatic carbocycles. The van der Waals surface area contributed by atoms with Gasteiger partial charge in [0, 0.05) is 11.3 Å². The van der Waals surface area contributed by atoms with Gasteiger partial charge in [-0.15, -0.1) is 11.3 Å². The molecule has 30 heavy (non-hydrogen) atoms. The van der Waals surface area contributed by atoms with E-state index < -0.39 is 16.7 Å². The topological polar surface area (TPSA) is 69.0 Å². The van der Waals surface area contributed by atoms with Gasteiger partial charge in [-0.1, -0.05) is 12.1 Å². The van der Waals surface area contributed by atoms with E-state index in [-0.39, 0.29) is 30.5 Å². The summed E-state index contributed by atoms with van der Waals surface area (Å²) in [5, 5.41) is 3.03. The van der Waals surface area contributed by atoms with Gasteiger partial charge in [-0.3, -0.25) is 4.57 Å². The summed E-state index contributed by atoms with van der Waals surface area (Å²) in [6, 6.07) is 8.24. The van der Waals surface area contributed by atoms with Crippen molar-refractivity contribution in [2.45, 2.75) is 31.3 Å². The molecule has 0 unspecified atom stereocenters. The molecule has 1 saturated heterocycles. The van der Waals surface area contributed by atoms with Crippen molar-refractivity contribution < 1.29 is 22.3 Å². The number of rotatable bonds is 5. The van der Waals surface area contributed by atoms with Crippen LogP contribution >= 0.6 is 11.3 Å². The highest BCUT2D eigenvalue weighted by Crippen LogP contribution is 2.34. The predicted molar refractivity (Wildman–Crippen MR) is 102 cm³/mol. The van der Waals surface area contributed by atoms with E-state index in [1.807, 2.05) is 0 Å². The van der Waals surface area contributed by atoms with Crippen molar-refractivity contribution in [1.82, 2.24) is 14.5 Å². The standard InChI is InChI=1S/C19H16F4N4O2S/c20-12-3-1-11(2-4-12)15-7-13(9-29-15)25-17-24-10-27(18(28)26-17)8-14-5-6-16(30-14)19(21,22)23/h1-6,10,13,15H,7-9H2,(H,25,26,28)/t13-,15-/m0/s1. The van der Waals surface area contributed by atoms with E-state index in [1.165, 1.54) is 24.5 Å². The summed E-state index contributed by atoms with van der Waals surface area (Å²) in [6.07, 6.45) is -2.77. The van der Waals surface area contributed by atoms with Crippen molar-refractivity contribution in [2.24, 2.45) is 0 Å². The zero-order chi connectivity index (χ0) is 21.3. The fourth-order valence-corrected chi connectivity index (χ4v) is 4.01. The first-order valence-corrected chi connectivity index (χ1v) is 9.82. The second-order valence-electron chi connectivity index (χ2n) is 6.80. The Morgan fingerprint density at radius 2 is 1.97 bits per heavy atom. The maximum atomic E-state index is 13.0. The van der Waals surface area contributed by atoms with Gasteiger partial charge in [-0.05, 0) is 29.8 Å². The van der Waals surface area contributed by atoms with Crippen LogP contribution < -0.4 is 11.0 Å². The minimum atomic E-state index is -4.41. The molecule has 3 heterocycles. The minimum Gasteiger partial charge on any atom is -0.371 e. The molecule has 0 amide bonds. The van der Waals surface area contributed by atoms with Crippen LogP contribution in [0.25, 0.3) is 0 Å². The number of hydrogen-bond donors (Lipinski definition) is 1. The average Bonchev–Trinajstić information content (AvgIpc) is 3.34. The van der Waals surface area contributed by atoms with Crippen LogP contribution in [0.5, 0.6) is 0 Å². The first-order valence-electron chi connectivity index (χ1n) is 9.01. The molecule has 1 aliphatic heterocycles. The Hall–Kier alpha value is -2.79. The summed E-state index contributed by atoms with van der Waals surface area (Å²) >= 11 is 0.577. The maximum absolute atomic E-state index is 13.0. The molecule has 0 bridgehead atoms. The molecular weight excluding hydrogens is 424 g/mol. The van der Waals surface area contributed by atoms with Crippen molar-refractivity contribution in [2.75, 3.05) is 11.9 Å². The van der Waals surface area contributed by atoms with Crippen LogP contribution in [-0.2, 0) is 17.5 Å². The zero-order valence-corrected chi connectivity index (χ0v) is 16.2. The molecule has 1 fully saturated rings. The predicted octanol–water partition coefficient (Wildman–Crippen LogP) is 3.85. The van der Waals surface area contributed by atoms with Crippen molar-refractivity contribution in [3.8, 4) is 0 Å². The maximum Gasteiger partial charge on any atom is 0.425 e. The van der Waals surface area contributed by atoms with Crippen LogP contribution in [0.4, 0.5) is 23.5 Å². The summed E-state index contributed by atoms with van der Waals surface area (Å²) in [6.45, 7) is 0.322. The summed E-state index contributed by atoms with van der Waals surface area (Å²) < 4.78 is 58.0. The fourth-order valence-electron chi connectivity index (χ4n) is 3.14. The molecule has 1 N–H and O–H groups in total. The summed E-state index contributed by atoms with van der Waals surface area (Å²) in [5.74, 6) is -0.204. The van der Waals surface area contributed by atoms with E-state index in [9.17, 15) is 22.4 Å². The molecule has 6 nitrogen and oxygen atoms in total. The van der Waals surface area contributed by atoms with Gasteiger partial charge in [0.25, 0.3) is 0 Å². The quantitative estimate of drug-likeness (QED) is 0.611. The number of anilines is 1. The summed E-state index contributed by atoms with van der Waals surface area (Å²) in [4.78, 5) is 19.8. The number of halogens is 4. The fraction of sp³-hybridized carbons (Fsp3) is 0.316. The average molecular weight is 440 g/mol. The number of alkyl halides is 3. The lowest BCUT2D eigenvalue weighted by Crippen LogP contribution is -2.28. The molecule has 0 spiro atoms. The van der Waals surface area contributed by atoms with Gasteiger partial charge < -0.3 is 10.1 Å². The molecule has 11 heteroatoms. The van der Waals surface area contributed by atoms with Gasteiger partial charge in [0.2, 0.25) is 5.95 Å². The third kappa shape index (κ3) is 4.68. The highest BCUT2D eigenvalue weighted by Gasteiger charge is 2.32. The van der Waals surface area contributed by atoms with Gasteiger partial charge in [-0.25, -0.2) is 14.2 Å². The van der Waals surface area contributed by atoms with Gasteiger partial charge in [-0.2, -0.15) is 18.2 Å². The first kappa shape index (κ1) is 20.5. The van der Waals surface area contributed by atoms with Crippen molar-refractivity contribution in [3.63, 3.8) is 0 Å². The number of nitrogens with one attached hydrogen (secondary N) is 1. The van der Waals surface area contributed by atoms with Crippen LogP contribution in [-0.4, -0.2) is 27.2 Å². The SMILES string of the molecule is O=c1nc(N[C@@H]2CO[C@H](c3ccc(F)cc3)C2)ncn1Cc1ccc(C(F)(F)F)s1. The second-order valence-corrected chi connectivity index (χ2v) is 7.97. The molecule has 4 rings (SSSR count). The van der Waals surface area contributed by atoms with Crippen LogP contribution in [0.2, 0.25) is 0 Å². The molecule has 1 aliphatic rings. The molecule has 158 valence electrons. The number of aromatic nitrogens is 3. The number of nitrogens with zero attached hydrogens (tertiary/aromatic N) is 3. The summed E-state index contributed by atoms with van der Waals surface area (Å²) in [7, 11) is 0. The van der Waals surface area contributed by atoms with Gasteiger partial charge in [0.05, 0.1) is 25.3 Å². The van der Waals surface area contributed by atoms with Gasteiger partial charge in [0.15, 0.2) is 0 Å². The Labute approximate surface area is 172 Å². The Bertz CT molecular complexity index is 1080. The Balaban J connectivity index is 1.38. The van der Waals surface area contributed by atoms with E-state index in [1.54, 1.807) is 12.1 Å². The Morgan fingerprint density at radius 3 is 2.63 bits per heavy atom. The molecule has 3 aromatic rings. The van der Waals surface area contributed by atoms with E-state index in [0.29, 0.717) is 29.2 Å². The van der Waals surface area contributed by atoms with E-state index in [0.717, 1.165) is 16.2 Å². The lowest BCUT2D eigenvalue weighted by atomic mass is 10.1. The van der Waals surface area contributed by atoms with Crippen LogP contribution in [0.3, 0.4) is 0 Å². The van der Waals surface area contributed by atoms with Gasteiger partial charge >= 0.3 is 11.9 Å². The Morgan fingerprint density at radius 1 is 1.20 bits per heavy atom. The minimum absolute atomic E-state index is 0.0426. The molecule has 2 aromatic heterocycles. The van der Waals surface area contributed by atoms with Crippen molar-refractivity contribution in [1.29, 1.82) is 0 Å². The molecule has 0 saturated carbocycles. The first-order chi connectivity index (χ1) is 14.3. The lowest BCUT2D eigenvalue weighted by molar-refractivity contribution is -0.134. The Kier molecular flexibility index (Phi) is 5.56. The number of benzene rings is 1. The van der Waals surface area contributed by atoms with E-state index in [4.69, 9.17) is 4.74 Å². The second kappa shape index (κ2) is 8.15. The van der Waals surface area contributed by atoms with E-state index >= 15 is 0 Å². The highest BCUT2D eigenvalue weighted by atomic mass is 32.1. The smallest absolute Gasteiger partial charge is 0.371 e. The third-order valence-electron chi connectivity index (χ3n) is 4.61. The van der Waals surface area contributed by atoms with Crippen molar-refractivity contribution in [3.05, 3.63) is 74.3 Å². The van der Waals surface area contributed by atoms with E-state index in [2.05, 4.69) is 15.3 Å².